The van der Waals surface area contributed by atoms with E-state index in [1.165, 1.54) is 16.9 Å². The standard InChI is InChI=1S/C8H11N3O3/c12-7-1-2-11(8(13)9-7)10-3-5-14-6-4-10/h1-2H,3-6H2,(H,9,12,13). The molecule has 0 radical (unpaired) electrons. The normalized spacial score (nSPS) is 17.0. The number of hydrogen-bond donors (Lipinski definition) is 1. The topological polar surface area (TPSA) is 67.3 Å². The maximum Gasteiger partial charge on any atom is 0.347 e. The van der Waals surface area contributed by atoms with Crippen LogP contribution in [0.1, 0.15) is 0 Å². The summed E-state index contributed by atoms with van der Waals surface area (Å²) >= 11 is 0. The first-order valence-electron chi connectivity index (χ1n) is 4.42. The molecule has 76 valence electrons. The van der Waals surface area contributed by atoms with Gasteiger partial charge < -0.3 is 9.75 Å². The smallest absolute Gasteiger partial charge is 0.347 e. The Labute approximate surface area is 79.7 Å². The lowest BCUT2D eigenvalue weighted by atomic mass is 10.5. The average Bonchev–Trinajstić information content (AvgIpc) is 2.19. The van der Waals surface area contributed by atoms with Gasteiger partial charge in [0, 0.05) is 12.3 Å². The SMILES string of the molecule is O=c1ccn(N2CCOCC2)c(=O)[nH]1. The first-order valence-corrected chi connectivity index (χ1v) is 4.42. The highest BCUT2D eigenvalue weighted by Crippen LogP contribution is 1.92. The van der Waals surface area contributed by atoms with E-state index in [0.29, 0.717) is 26.3 Å². The molecule has 2 heterocycles. The maximum absolute atomic E-state index is 11.4. The van der Waals surface area contributed by atoms with Crippen LogP contribution in [0.4, 0.5) is 0 Å². The van der Waals surface area contributed by atoms with Crippen LogP contribution >= 0.6 is 0 Å². The number of rotatable bonds is 1. The summed E-state index contributed by atoms with van der Waals surface area (Å²) in [6, 6.07) is 1.33. The van der Waals surface area contributed by atoms with Crippen LogP contribution in [0.5, 0.6) is 0 Å². The van der Waals surface area contributed by atoms with Crippen molar-refractivity contribution in [3.63, 3.8) is 0 Å². The largest absolute Gasteiger partial charge is 0.378 e. The van der Waals surface area contributed by atoms with Crippen molar-refractivity contribution in [1.82, 2.24) is 9.66 Å². The van der Waals surface area contributed by atoms with E-state index in [1.54, 1.807) is 0 Å². The van der Waals surface area contributed by atoms with Gasteiger partial charge in [0.2, 0.25) is 0 Å². The first-order chi connectivity index (χ1) is 6.77. The van der Waals surface area contributed by atoms with Crippen LogP contribution in [0.15, 0.2) is 21.9 Å². The number of ether oxygens (including phenoxy) is 1. The third-order valence-corrected chi connectivity index (χ3v) is 2.10. The molecule has 0 aliphatic carbocycles. The lowest BCUT2D eigenvalue weighted by molar-refractivity contribution is 0.110. The van der Waals surface area contributed by atoms with Crippen molar-refractivity contribution in [1.29, 1.82) is 0 Å². The number of hydrogen-bond acceptors (Lipinski definition) is 4. The number of H-pyrrole nitrogens is 1. The monoisotopic (exact) mass is 197 g/mol. The summed E-state index contributed by atoms with van der Waals surface area (Å²) < 4.78 is 6.56. The molecule has 1 fully saturated rings. The van der Waals surface area contributed by atoms with Crippen LogP contribution in [-0.2, 0) is 4.74 Å². The molecular weight excluding hydrogens is 186 g/mol. The van der Waals surface area contributed by atoms with Gasteiger partial charge in [-0.05, 0) is 0 Å². The third kappa shape index (κ3) is 1.69. The molecule has 0 amide bonds. The fourth-order valence-corrected chi connectivity index (χ4v) is 1.40. The molecule has 0 atom stereocenters. The van der Waals surface area contributed by atoms with Crippen molar-refractivity contribution in [3.8, 4) is 0 Å². The van der Waals surface area contributed by atoms with Gasteiger partial charge in [-0.2, -0.15) is 0 Å². The highest BCUT2D eigenvalue weighted by molar-refractivity contribution is 4.92. The second-order valence-electron chi connectivity index (χ2n) is 3.02. The van der Waals surface area contributed by atoms with Crippen LogP contribution in [0.25, 0.3) is 0 Å². The molecule has 14 heavy (non-hydrogen) atoms. The molecule has 1 saturated heterocycles. The molecule has 1 aliphatic rings. The van der Waals surface area contributed by atoms with Crippen LogP contribution in [0.2, 0.25) is 0 Å². The predicted molar refractivity (Wildman–Crippen MR) is 50.1 cm³/mol. The summed E-state index contributed by atoms with van der Waals surface area (Å²) in [7, 11) is 0. The van der Waals surface area contributed by atoms with Crippen LogP contribution in [0.3, 0.4) is 0 Å². The fraction of sp³-hybridized carbons (Fsp3) is 0.500. The van der Waals surface area contributed by atoms with E-state index in [9.17, 15) is 9.59 Å². The molecule has 0 spiro atoms. The molecule has 0 unspecified atom stereocenters. The van der Waals surface area contributed by atoms with Gasteiger partial charge in [0.15, 0.2) is 0 Å². The first kappa shape index (κ1) is 9.01. The zero-order valence-corrected chi connectivity index (χ0v) is 7.60. The van der Waals surface area contributed by atoms with Crippen molar-refractivity contribution in [3.05, 3.63) is 33.1 Å². The molecule has 1 aliphatic heterocycles. The molecule has 0 aromatic carbocycles. The minimum absolute atomic E-state index is 0.375. The van der Waals surface area contributed by atoms with Gasteiger partial charge in [-0.3, -0.25) is 9.78 Å². The number of morpholine rings is 1. The summed E-state index contributed by atoms with van der Waals surface area (Å²) in [6.07, 6.45) is 1.48. The molecule has 6 heteroatoms. The highest BCUT2D eigenvalue weighted by atomic mass is 16.5. The molecule has 1 aromatic heterocycles. The Kier molecular flexibility index (Phi) is 2.36. The summed E-state index contributed by atoms with van der Waals surface area (Å²) in [4.78, 5) is 24.4. The molecule has 0 bridgehead atoms. The van der Waals surface area contributed by atoms with Gasteiger partial charge in [0.05, 0.1) is 26.3 Å². The second-order valence-corrected chi connectivity index (χ2v) is 3.02. The highest BCUT2D eigenvalue weighted by Gasteiger charge is 2.11. The van der Waals surface area contributed by atoms with Gasteiger partial charge in [-0.1, -0.05) is 0 Å². The van der Waals surface area contributed by atoms with E-state index in [0.717, 1.165) is 0 Å². The Hall–Kier alpha value is -1.56. The minimum Gasteiger partial charge on any atom is -0.378 e. The van der Waals surface area contributed by atoms with Crippen molar-refractivity contribution in [2.75, 3.05) is 31.3 Å². The van der Waals surface area contributed by atoms with Crippen LogP contribution in [-0.4, -0.2) is 36.0 Å². The predicted octanol–water partition coefficient (Wildman–Crippen LogP) is -1.50. The van der Waals surface area contributed by atoms with E-state index in [1.807, 2.05) is 5.01 Å². The van der Waals surface area contributed by atoms with E-state index >= 15 is 0 Å². The lowest BCUT2D eigenvalue weighted by Gasteiger charge is -2.29. The van der Waals surface area contributed by atoms with E-state index in [4.69, 9.17) is 4.74 Å². The quantitative estimate of drug-likeness (QED) is 0.595. The number of nitrogens with one attached hydrogen (secondary N) is 1. The summed E-state index contributed by atoms with van der Waals surface area (Å²) in [5.74, 6) is 0. The van der Waals surface area contributed by atoms with E-state index < -0.39 is 5.69 Å². The summed E-state index contributed by atoms with van der Waals surface area (Å²) in [5, 5.41) is 1.84. The van der Waals surface area contributed by atoms with Gasteiger partial charge in [0.25, 0.3) is 5.56 Å². The fourth-order valence-electron chi connectivity index (χ4n) is 1.40. The van der Waals surface area contributed by atoms with Crippen molar-refractivity contribution >= 4 is 0 Å². The second kappa shape index (κ2) is 3.67. The average molecular weight is 197 g/mol. The third-order valence-electron chi connectivity index (χ3n) is 2.10. The van der Waals surface area contributed by atoms with Gasteiger partial charge in [0.1, 0.15) is 0 Å². The summed E-state index contributed by atoms with van der Waals surface area (Å²) in [5.41, 5.74) is -0.779. The molecule has 1 N–H and O–H groups in total. The van der Waals surface area contributed by atoms with Gasteiger partial charge in [-0.15, -0.1) is 0 Å². The molecule has 1 aromatic rings. The zero-order valence-electron chi connectivity index (χ0n) is 7.60. The lowest BCUT2D eigenvalue weighted by Crippen LogP contribution is -2.50. The number of aromatic nitrogens is 2. The maximum atomic E-state index is 11.4. The Bertz CT molecular complexity index is 416. The number of aromatic amines is 1. The Morgan fingerprint density at radius 2 is 2.00 bits per heavy atom. The Morgan fingerprint density at radius 1 is 1.29 bits per heavy atom. The molecule has 0 saturated carbocycles. The van der Waals surface area contributed by atoms with E-state index in [2.05, 4.69) is 4.98 Å². The zero-order chi connectivity index (χ0) is 9.97. The minimum atomic E-state index is -0.403. The van der Waals surface area contributed by atoms with Crippen molar-refractivity contribution < 1.29 is 4.74 Å². The molecule has 2 rings (SSSR count). The van der Waals surface area contributed by atoms with Gasteiger partial charge in [-0.25, -0.2) is 9.47 Å². The van der Waals surface area contributed by atoms with E-state index in [-0.39, 0.29) is 5.56 Å². The van der Waals surface area contributed by atoms with Crippen LogP contribution in [0, 0.1) is 0 Å². The molecular formula is C8H11N3O3. The Balaban J connectivity index is 2.31. The summed E-state index contributed by atoms with van der Waals surface area (Å²) in [6.45, 7) is 2.52. The van der Waals surface area contributed by atoms with Gasteiger partial charge >= 0.3 is 5.69 Å². The molecule has 6 nitrogen and oxygen atoms in total. The van der Waals surface area contributed by atoms with Crippen molar-refractivity contribution in [2.24, 2.45) is 0 Å². The van der Waals surface area contributed by atoms with Crippen molar-refractivity contribution in [2.45, 2.75) is 0 Å². The van der Waals surface area contributed by atoms with Crippen LogP contribution < -0.4 is 16.3 Å². The Morgan fingerprint density at radius 3 is 2.64 bits per heavy atom. The number of nitrogens with zero attached hydrogens (tertiary/aromatic N) is 2.